The number of rotatable bonds is 7. The maximum absolute atomic E-state index is 5.35. The number of methoxy groups -OCH3 is 2. The fourth-order valence-corrected chi connectivity index (χ4v) is 2.79. The highest BCUT2D eigenvalue weighted by Crippen LogP contribution is 2.36. The van der Waals surface area contributed by atoms with Gasteiger partial charge in [0.15, 0.2) is 11.5 Å². The van der Waals surface area contributed by atoms with E-state index in [-0.39, 0.29) is 0 Å². The first-order valence-corrected chi connectivity index (χ1v) is 7.53. The van der Waals surface area contributed by atoms with E-state index in [1.54, 1.807) is 20.4 Å². The molecule has 0 aliphatic carbocycles. The van der Waals surface area contributed by atoms with E-state index in [1.807, 2.05) is 24.7 Å². The summed E-state index contributed by atoms with van der Waals surface area (Å²) in [5.41, 5.74) is 1.14. The molecule has 0 aliphatic rings. The van der Waals surface area contributed by atoms with Gasteiger partial charge in [-0.25, -0.2) is 4.98 Å². The lowest BCUT2D eigenvalue weighted by atomic mass is 10.2. The molecule has 1 aromatic heterocycles. The van der Waals surface area contributed by atoms with Gasteiger partial charge in [-0.15, -0.1) is 0 Å². The number of ether oxygens (including phenoxy) is 2. The van der Waals surface area contributed by atoms with Crippen LogP contribution in [0.15, 0.2) is 35.3 Å². The molecule has 0 saturated carbocycles. The lowest BCUT2D eigenvalue weighted by Crippen LogP contribution is -2.29. The molecule has 0 saturated heterocycles. The quantitative estimate of drug-likeness (QED) is 0.831. The topological polar surface area (TPSA) is 48.3 Å². The molecule has 0 radical (unpaired) electrons. The first-order chi connectivity index (χ1) is 10.1. The normalized spacial score (nSPS) is 12.2. The van der Waals surface area contributed by atoms with Gasteiger partial charge in [-0.3, -0.25) is 0 Å². The van der Waals surface area contributed by atoms with Crippen LogP contribution >= 0.6 is 15.9 Å². The van der Waals surface area contributed by atoms with E-state index >= 15 is 0 Å². The summed E-state index contributed by atoms with van der Waals surface area (Å²) in [5.74, 6) is 1.44. The smallest absolute Gasteiger partial charge is 0.174 e. The highest BCUT2D eigenvalue weighted by Gasteiger charge is 2.11. The number of hydrogen-bond acceptors (Lipinski definition) is 4. The number of imidazole rings is 1. The van der Waals surface area contributed by atoms with Crippen LogP contribution in [0.3, 0.4) is 0 Å². The Kier molecular flexibility index (Phi) is 5.64. The van der Waals surface area contributed by atoms with Gasteiger partial charge in [0.05, 0.1) is 25.0 Å². The number of benzene rings is 1. The Morgan fingerprint density at radius 3 is 2.76 bits per heavy atom. The van der Waals surface area contributed by atoms with Crippen molar-refractivity contribution < 1.29 is 9.47 Å². The third-order valence-corrected chi connectivity index (χ3v) is 3.78. The van der Waals surface area contributed by atoms with Gasteiger partial charge in [0.2, 0.25) is 0 Å². The maximum atomic E-state index is 5.35. The zero-order valence-electron chi connectivity index (χ0n) is 12.5. The molecule has 0 aliphatic heterocycles. The van der Waals surface area contributed by atoms with Crippen molar-refractivity contribution in [2.45, 2.75) is 26.1 Å². The molecule has 1 heterocycles. The molecule has 114 valence electrons. The fourth-order valence-electron chi connectivity index (χ4n) is 2.14. The van der Waals surface area contributed by atoms with Crippen molar-refractivity contribution in [2.75, 3.05) is 14.2 Å². The maximum Gasteiger partial charge on any atom is 0.174 e. The average Bonchev–Trinajstić information content (AvgIpc) is 2.97. The summed E-state index contributed by atoms with van der Waals surface area (Å²) in [6, 6.07) is 4.37. The van der Waals surface area contributed by atoms with Gasteiger partial charge in [0.1, 0.15) is 0 Å². The number of hydrogen-bond donors (Lipinski definition) is 1. The molecule has 1 aromatic carbocycles. The molecule has 5 nitrogen and oxygen atoms in total. The van der Waals surface area contributed by atoms with E-state index in [0.29, 0.717) is 11.8 Å². The predicted molar refractivity (Wildman–Crippen MR) is 85.8 cm³/mol. The van der Waals surface area contributed by atoms with Gasteiger partial charge >= 0.3 is 0 Å². The van der Waals surface area contributed by atoms with Gasteiger partial charge in [-0.05, 0) is 40.5 Å². The molecule has 0 fully saturated rings. The standard InChI is InChI=1S/C15H20BrN3O2/c1-11(9-19-5-4-17-10-19)18-8-12-6-13(16)15(21-3)14(7-12)20-2/h4-7,10-11,18H,8-9H2,1-3H3. The van der Waals surface area contributed by atoms with Gasteiger partial charge in [-0.2, -0.15) is 0 Å². The van der Waals surface area contributed by atoms with Crippen LogP contribution in [0.25, 0.3) is 0 Å². The van der Waals surface area contributed by atoms with Gasteiger partial charge < -0.3 is 19.4 Å². The third-order valence-electron chi connectivity index (χ3n) is 3.19. The van der Waals surface area contributed by atoms with Crippen molar-refractivity contribution in [3.8, 4) is 11.5 Å². The molecule has 0 bridgehead atoms. The zero-order chi connectivity index (χ0) is 15.2. The highest BCUT2D eigenvalue weighted by atomic mass is 79.9. The first kappa shape index (κ1) is 15.9. The van der Waals surface area contributed by atoms with Crippen molar-refractivity contribution >= 4 is 15.9 Å². The van der Waals surface area contributed by atoms with Crippen molar-refractivity contribution in [3.05, 3.63) is 40.9 Å². The van der Waals surface area contributed by atoms with Gasteiger partial charge in [0, 0.05) is 31.5 Å². The van der Waals surface area contributed by atoms with E-state index < -0.39 is 0 Å². The van der Waals surface area contributed by atoms with E-state index in [9.17, 15) is 0 Å². The molecule has 2 aromatic rings. The summed E-state index contributed by atoms with van der Waals surface area (Å²) in [7, 11) is 3.27. The Labute approximate surface area is 133 Å². The molecule has 1 unspecified atom stereocenters. The molecule has 0 amide bonds. The minimum absolute atomic E-state index is 0.339. The number of halogens is 1. The van der Waals surface area contributed by atoms with Gasteiger partial charge in [0.25, 0.3) is 0 Å². The third kappa shape index (κ3) is 4.22. The lowest BCUT2D eigenvalue weighted by molar-refractivity contribution is 0.352. The van der Waals surface area contributed by atoms with E-state index in [4.69, 9.17) is 9.47 Å². The molecule has 0 spiro atoms. The summed E-state index contributed by atoms with van der Waals surface area (Å²) in [5, 5.41) is 3.49. The van der Waals surface area contributed by atoms with Crippen LogP contribution in [-0.4, -0.2) is 29.8 Å². The van der Waals surface area contributed by atoms with Crippen LogP contribution in [-0.2, 0) is 13.1 Å². The summed E-state index contributed by atoms with van der Waals surface area (Å²) < 4.78 is 13.6. The second-order valence-corrected chi connectivity index (χ2v) is 5.71. The van der Waals surface area contributed by atoms with Crippen LogP contribution in [0.4, 0.5) is 0 Å². The van der Waals surface area contributed by atoms with Crippen molar-refractivity contribution in [1.82, 2.24) is 14.9 Å². The molecule has 2 rings (SSSR count). The van der Waals surface area contributed by atoms with Gasteiger partial charge in [-0.1, -0.05) is 0 Å². The van der Waals surface area contributed by atoms with Crippen LogP contribution in [0.1, 0.15) is 12.5 Å². The Bertz CT molecular complexity index is 573. The Morgan fingerprint density at radius 1 is 1.33 bits per heavy atom. The Hall–Kier alpha value is -1.53. The summed E-state index contributed by atoms with van der Waals surface area (Å²) in [6.45, 7) is 3.79. The highest BCUT2D eigenvalue weighted by molar-refractivity contribution is 9.10. The average molecular weight is 354 g/mol. The minimum atomic E-state index is 0.339. The van der Waals surface area contributed by atoms with Crippen LogP contribution < -0.4 is 14.8 Å². The van der Waals surface area contributed by atoms with E-state index in [0.717, 1.165) is 28.9 Å². The first-order valence-electron chi connectivity index (χ1n) is 6.73. The SMILES string of the molecule is COc1cc(CNC(C)Cn2ccnc2)cc(Br)c1OC. The molecule has 6 heteroatoms. The number of aromatic nitrogens is 2. The Balaban J connectivity index is 1.98. The summed E-state index contributed by atoms with van der Waals surface area (Å²) >= 11 is 3.51. The van der Waals surface area contributed by atoms with Crippen molar-refractivity contribution in [2.24, 2.45) is 0 Å². The van der Waals surface area contributed by atoms with E-state index in [2.05, 4.69) is 37.7 Å². The van der Waals surface area contributed by atoms with Crippen molar-refractivity contribution in [1.29, 1.82) is 0 Å². The summed E-state index contributed by atoms with van der Waals surface area (Å²) in [6.07, 6.45) is 5.58. The van der Waals surface area contributed by atoms with Crippen molar-refractivity contribution in [3.63, 3.8) is 0 Å². The molecular weight excluding hydrogens is 334 g/mol. The number of nitrogens with zero attached hydrogens (tertiary/aromatic N) is 2. The Morgan fingerprint density at radius 2 is 2.14 bits per heavy atom. The van der Waals surface area contributed by atoms with Crippen LogP contribution in [0, 0.1) is 0 Å². The van der Waals surface area contributed by atoms with Crippen LogP contribution in [0.5, 0.6) is 11.5 Å². The predicted octanol–water partition coefficient (Wildman–Crippen LogP) is 2.84. The minimum Gasteiger partial charge on any atom is -0.493 e. The molecule has 21 heavy (non-hydrogen) atoms. The monoisotopic (exact) mass is 353 g/mol. The molecular formula is C15H20BrN3O2. The largest absolute Gasteiger partial charge is 0.493 e. The van der Waals surface area contributed by atoms with Crippen LogP contribution in [0.2, 0.25) is 0 Å². The molecule has 1 atom stereocenters. The number of nitrogens with one attached hydrogen (secondary N) is 1. The molecule has 1 N–H and O–H groups in total. The second kappa shape index (κ2) is 7.47. The lowest BCUT2D eigenvalue weighted by Gasteiger charge is -2.16. The second-order valence-electron chi connectivity index (χ2n) is 4.85. The zero-order valence-corrected chi connectivity index (χ0v) is 14.1. The van der Waals surface area contributed by atoms with E-state index in [1.165, 1.54) is 0 Å². The fraction of sp³-hybridized carbons (Fsp3) is 0.400. The summed E-state index contributed by atoms with van der Waals surface area (Å²) in [4.78, 5) is 4.05.